The van der Waals surface area contributed by atoms with Gasteiger partial charge in [-0.25, -0.2) is 13.4 Å². The third-order valence-corrected chi connectivity index (χ3v) is 6.98. The van der Waals surface area contributed by atoms with Crippen molar-refractivity contribution in [3.8, 4) is 5.69 Å². The zero-order valence-corrected chi connectivity index (χ0v) is 20.1. The highest BCUT2D eigenvalue weighted by molar-refractivity contribution is 7.90. The van der Waals surface area contributed by atoms with E-state index in [9.17, 15) is 8.42 Å². The molecule has 0 aliphatic rings. The van der Waals surface area contributed by atoms with E-state index in [-0.39, 0.29) is 4.90 Å². The van der Waals surface area contributed by atoms with E-state index in [0.29, 0.717) is 35.2 Å². The van der Waals surface area contributed by atoms with E-state index in [0.717, 1.165) is 11.4 Å². The van der Waals surface area contributed by atoms with Crippen molar-refractivity contribution < 1.29 is 8.42 Å². The van der Waals surface area contributed by atoms with Crippen LogP contribution < -0.4 is 10.2 Å². The number of pyridine rings is 1. The molecular formula is C23H21N7O2S2. The Morgan fingerprint density at radius 1 is 1.06 bits per heavy atom. The van der Waals surface area contributed by atoms with Gasteiger partial charge in [-0.05, 0) is 47.8 Å². The molecular weight excluding hydrogens is 470 g/mol. The van der Waals surface area contributed by atoms with Crippen molar-refractivity contribution in [2.75, 3.05) is 23.5 Å². The predicted molar refractivity (Wildman–Crippen MR) is 134 cm³/mol. The number of hydrogen-bond donors (Lipinski definition) is 1. The molecule has 0 fully saturated rings. The minimum Gasteiger partial charge on any atom is -0.338 e. The maximum Gasteiger partial charge on any atom is 0.229 e. The molecule has 5 aromatic rings. The molecule has 0 radical (unpaired) electrons. The van der Waals surface area contributed by atoms with E-state index in [1.54, 1.807) is 48.1 Å². The quantitative estimate of drug-likeness (QED) is 0.363. The molecule has 1 aromatic carbocycles. The molecule has 0 aliphatic heterocycles. The summed E-state index contributed by atoms with van der Waals surface area (Å²) in [6.45, 7) is 0.529. The van der Waals surface area contributed by atoms with Crippen LogP contribution in [0.25, 0.3) is 16.9 Å². The number of imidazole rings is 1. The third kappa shape index (κ3) is 4.47. The van der Waals surface area contributed by atoms with E-state index < -0.39 is 9.84 Å². The van der Waals surface area contributed by atoms with Crippen molar-refractivity contribution in [3.63, 3.8) is 0 Å². The molecule has 4 aromatic heterocycles. The van der Waals surface area contributed by atoms with Crippen LogP contribution in [0.2, 0.25) is 0 Å². The van der Waals surface area contributed by atoms with Crippen molar-refractivity contribution in [2.24, 2.45) is 0 Å². The van der Waals surface area contributed by atoms with Gasteiger partial charge in [0.15, 0.2) is 26.8 Å². The predicted octanol–water partition coefficient (Wildman–Crippen LogP) is 4.06. The topological polar surface area (TPSA) is 106 Å². The smallest absolute Gasteiger partial charge is 0.229 e. The minimum absolute atomic E-state index is 0.253. The fourth-order valence-electron chi connectivity index (χ4n) is 3.46. The Balaban J connectivity index is 1.57. The lowest BCUT2D eigenvalue weighted by atomic mass is 10.3. The van der Waals surface area contributed by atoms with Gasteiger partial charge < -0.3 is 10.2 Å². The van der Waals surface area contributed by atoms with E-state index >= 15 is 0 Å². The Morgan fingerprint density at radius 3 is 2.56 bits per heavy atom. The van der Waals surface area contributed by atoms with Crippen LogP contribution in [0.4, 0.5) is 17.5 Å². The van der Waals surface area contributed by atoms with E-state index in [2.05, 4.69) is 15.3 Å². The number of aromatic nitrogens is 5. The second kappa shape index (κ2) is 8.84. The summed E-state index contributed by atoms with van der Waals surface area (Å²) in [7, 11) is -1.37. The van der Waals surface area contributed by atoms with Gasteiger partial charge in [0.1, 0.15) is 6.33 Å². The number of rotatable bonds is 7. The highest BCUT2D eigenvalue weighted by Gasteiger charge is 2.18. The van der Waals surface area contributed by atoms with Crippen LogP contribution >= 0.6 is 11.3 Å². The van der Waals surface area contributed by atoms with Gasteiger partial charge in [0.05, 0.1) is 22.8 Å². The zero-order valence-electron chi connectivity index (χ0n) is 18.5. The summed E-state index contributed by atoms with van der Waals surface area (Å²) in [6.07, 6.45) is 4.66. The van der Waals surface area contributed by atoms with Crippen LogP contribution in [0.15, 0.2) is 76.7 Å². The van der Waals surface area contributed by atoms with Gasteiger partial charge in [-0.1, -0.05) is 6.07 Å². The maximum absolute atomic E-state index is 11.8. The maximum atomic E-state index is 11.8. The number of fused-ring (bicyclic) bond motifs is 1. The second-order valence-corrected chi connectivity index (χ2v) is 10.5. The van der Waals surface area contributed by atoms with Crippen molar-refractivity contribution in [3.05, 3.63) is 77.5 Å². The fraction of sp³-hybridized carbons (Fsp3) is 0.130. The van der Waals surface area contributed by atoms with Crippen LogP contribution in [0.1, 0.15) is 5.69 Å². The van der Waals surface area contributed by atoms with Gasteiger partial charge in [0.2, 0.25) is 5.95 Å². The van der Waals surface area contributed by atoms with Gasteiger partial charge >= 0.3 is 0 Å². The number of anilines is 3. The highest BCUT2D eigenvalue weighted by atomic mass is 32.2. The molecule has 0 saturated heterocycles. The molecule has 0 saturated carbocycles. The molecule has 0 atom stereocenters. The van der Waals surface area contributed by atoms with Crippen LogP contribution in [0.3, 0.4) is 0 Å². The first-order valence-electron chi connectivity index (χ1n) is 10.3. The van der Waals surface area contributed by atoms with Crippen LogP contribution in [-0.4, -0.2) is 46.2 Å². The van der Waals surface area contributed by atoms with Gasteiger partial charge in [-0.15, -0.1) is 0 Å². The van der Waals surface area contributed by atoms with Gasteiger partial charge in [-0.2, -0.15) is 21.3 Å². The van der Waals surface area contributed by atoms with Crippen molar-refractivity contribution in [2.45, 2.75) is 11.4 Å². The Labute approximate surface area is 200 Å². The first kappa shape index (κ1) is 22.0. The van der Waals surface area contributed by atoms with Gasteiger partial charge in [0.25, 0.3) is 0 Å². The largest absolute Gasteiger partial charge is 0.338 e. The molecule has 11 heteroatoms. The lowest BCUT2D eigenvalue weighted by Gasteiger charge is -2.18. The van der Waals surface area contributed by atoms with E-state index in [4.69, 9.17) is 9.97 Å². The number of sulfone groups is 1. The Hall–Kier alpha value is -3.83. The van der Waals surface area contributed by atoms with Crippen LogP contribution in [-0.2, 0) is 16.4 Å². The first-order chi connectivity index (χ1) is 16.4. The summed E-state index contributed by atoms with van der Waals surface area (Å²) in [5.41, 5.74) is 3.81. The average Bonchev–Trinajstić information content (AvgIpc) is 3.49. The summed E-state index contributed by atoms with van der Waals surface area (Å²) in [6, 6.07) is 14.3. The molecule has 0 bridgehead atoms. The molecule has 34 heavy (non-hydrogen) atoms. The lowest BCUT2D eigenvalue weighted by molar-refractivity contribution is 0.602. The second-order valence-electron chi connectivity index (χ2n) is 7.74. The van der Waals surface area contributed by atoms with Gasteiger partial charge in [-0.3, -0.25) is 9.55 Å². The molecule has 172 valence electrons. The average molecular weight is 492 g/mol. The number of benzene rings is 1. The summed E-state index contributed by atoms with van der Waals surface area (Å²) < 4.78 is 25.5. The summed E-state index contributed by atoms with van der Waals surface area (Å²) >= 11 is 1.59. The van der Waals surface area contributed by atoms with Gasteiger partial charge in [0, 0.05) is 30.6 Å². The Bertz CT molecular complexity index is 1530. The van der Waals surface area contributed by atoms with Crippen LogP contribution in [0.5, 0.6) is 0 Å². The number of thiophene rings is 1. The monoisotopic (exact) mass is 491 g/mol. The number of nitrogens with zero attached hydrogens (tertiary/aromatic N) is 6. The van der Waals surface area contributed by atoms with Crippen molar-refractivity contribution in [1.29, 1.82) is 0 Å². The molecule has 0 amide bonds. The molecule has 0 aliphatic carbocycles. The lowest BCUT2D eigenvalue weighted by Crippen LogP contribution is -2.20. The van der Waals surface area contributed by atoms with Crippen molar-refractivity contribution in [1.82, 2.24) is 24.5 Å². The SMILES string of the molecule is CN(Cc1ccccn1)c1nc(Nc2ccc(S(C)(=O)=O)cc2)c2ncn(-c3ccsc3)c2n1. The molecule has 0 spiro atoms. The summed E-state index contributed by atoms with van der Waals surface area (Å²) in [5.74, 6) is 1.03. The zero-order chi connectivity index (χ0) is 23.7. The normalized spacial score (nSPS) is 11.6. The standard InChI is InChI=1S/C23H21N7O2S2/c1-29(13-17-5-3-4-11-24-17)23-27-21(26-16-6-8-19(9-7-16)34(2,31)32)20-22(28-23)30(15-25-20)18-10-12-33-14-18/h3-12,14-15H,13H2,1-2H3,(H,26,27,28). The Kier molecular flexibility index (Phi) is 5.72. The molecule has 1 N–H and O–H groups in total. The number of hydrogen-bond acceptors (Lipinski definition) is 9. The molecule has 4 heterocycles. The minimum atomic E-state index is -3.28. The fourth-order valence-corrected chi connectivity index (χ4v) is 4.72. The molecule has 0 unspecified atom stereocenters. The molecule has 9 nitrogen and oxygen atoms in total. The van der Waals surface area contributed by atoms with Crippen LogP contribution in [0, 0.1) is 0 Å². The van der Waals surface area contributed by atoms with Crippen molar-refractivity contribution >= 4 is 49.8 Å². The number of nitrogens with one attached hydrogen (secondary N) is 1. The molecule has 5 rings (SSSR count). The summed E-state index contributed by atoms with van der Waals surface area (Å²) in [4.78, 5) is 20.7. The summed E-state index contributed by atoms with van der Waals surface area (Å²) in [5, 5.41) is 7.31. The van der Waals surface area contributed by atoms with E-state index in [1.165, 1.54) is 6.26 Å². The first-order valence-corrected chi connectivity index (χ1v) is 13.2. The van der Waals surface area contributed by atoms with E-state index in [1.807, 2.05) is 51.5 Å². The Morgan fingerprint density at radius 2 is 1.88 bits per heavy atom. The highest BCUT2D eigenvalue weighted by Crippen LogP contribution is 2.28. The third-order valence-electron chi connectivity index (χ3n) is 5.18.